The second kappa shape index (κ2) is 4.12. The molecule has 1 aromatic rings. The SMILES string of the molecule is [CH]c1cc(C(=O)N(CC)CC)co1. The number of hydrogen-bond donors (Lipinski definition) is 0. The molecule has 0 aliphatic carbocycles. The molecule has 0 atom stereocenters. The van der Waals surface area contributed by atoms with Crippen molar-refractivity contribution in [1.82, 2.24) is 4.90 Å². The summed E-state index contributed by atoms with van der Waals surface area (Å²) in [6, 6.07) is 1.54. The van der Waals surface area contributed by atoms with E-state index in [1.165, 1.54) is 6.26 Å². The highest BCUT2D eigenvalue weighted by Gasteiger charge is 2.13. The van der Waals surface area contributed by atoms with Crippen LogP contribution >= 0.6 is 0 Å². The molecule has 0 aliphatic heterocycles. The molecule has 1 heterocycles. The molecule has 0 saturated carbocycles. The summed E-state index contributed by atoms with van der Waals surface area (Å²) >= 11 is 0. The van der Waals surface area contributed by atoms with Crippen molar-refractivity contribution in [1.29, 1.82) is 0 Å². The van der Waals surface area contributed by atoms with Gasteiger partial charge in [-0.25, -0.2) is 0 Å². The van der Waals surface area contributed by atoms with E-state index in [4.69, 9.17) is 11.3 Å². The molecular weight excluding hydrogens is 166 g/mol. The first-order valence-electron chi connectivity index (χ1n) is 4.32. The first-order chi connectivity index (χ1) is 6.19. The van der Waals surface area contributed by atoms with Gasteiger partial charge >= 0.3 is 0 Å². The average molecular weight is 179 g/mol. The Morgan fingerprint density at radius 3 is 2.54 bits per heavy atom. The van der Waals surface area contributed by atoms with Crippen LogP contribution < -0.4 is 0 Å². The maximum absolute atomic E-state index is 11.6. The third kappa shape index (κ3) is 2.11. The Morgan fingerprint density at radius 1 is 1.54 bits per heavy atom. The topological polar surface area (TPSA) is 33.5 Å². The van der Waals surface area contributed by atoms with Gasteiger partial charge in [-0.2, -0.15) is 0 Å². The predicted molar refractivity (Wildman–Crippen MR) is 49.4 cm³/mol. The molecule has 70 valence electrons. The number of amides is 1. The summed E-state index contributed by atoms with van der Waals surface area (Å²) < 4.78 is 4.86. The molecule has 0 aliphatic rings. The van der Waals surface area contributed by atoms with Crippen molar-refractivity contribution in [3.63, 3.8) is 0 Å². The standard InChI is InChI=1S/C10H13NO2/c1-4-11(5-2)10(12)9-6-8(3)13-7-9/h3,6-7H,4-5H2,1-2H3. The van der Waals surface area contributed by atoms with Crippen LogP contribution in [0.25, 0.3) is 0 Å². The van der Waals surface area contributed by atoms with Crippen LogP contribution in [0.3, 0.4) is 0 Å². The molecule has 1 aromatic heterocycles. The smallest absolute Gasteiger partial charge is 0.257 e. The number of rotatable bonds is 3. The van der Waals surface area contributed by atoms with E-state index in [-0.39, 0.29) is 11.7 Å². The molecule has 0 fully saturated rings. The highest BCUT2D eigenvalue weighted by atomic mass is 16.3. The maximum atomic E-state index is 11.6. The Hall–Kier alpha value is -1.25. The molecule has 2 radical (unpaired) electrons. The number of furan rings is 1. The van der Waals surface area contributed by atoms with Gasteiger partial charge in [0.2, 0.25) is 0 Å². The summed E-state index contributed by atoms with van der Waals surface area (Å²) in [6.07, 6.45) is 1.38. The van der Waals surface area contributed by atoms with E-state index >= 15 is 0 Å². The Balaban J connectivity index is 2.78. The van der Waals surface area contributed by atoms with Gasteiger partial charge in [0.1, 0.15) is 12.0 Å². The van der Waals surface area contributed by atoms with Crippen molar-refractivity contribution in [3.05, 3.63) is 30.6 Å². The average Bonchev–Trinajstić information content (AvgIpc) is 2.54. The zero-order valence-electron chi connectivity index (χ0n) is 7.91. The molecule has 3 nitrogen and oxygen atoms in total. The van der Waals surface area contributed by atoms with Crippen LogP contribution in [0, 0.1) is 6.92 Å². The molecule has 0 spiro atoms. The maximum Gasteiger partial charge on any atom is 0.257 e. The zero-order chi connectivity index (χ0) is 9.84. The van der Waals surface area contributed by atoms with Crippen molar-refractivity contribution in [2.45, 2.75) is 13.8 Å². The molecule has 1 amide bonds. The van der Waals surface area contributed by atoms with Gasteiger partial charge < -0.3 is 9.32 Å². The second-order valence-electron chi connectivity index (χ2n) is 2.72. The van der Waals surface area contributed by atoms with Gasteiger partial charge in [0.05, 0.1) is 5.56 Å². The van der Waals surface area contributed by atoms with Gasteiger partial charge in [0, 0.05) is 20.0 Å². The third-order valence-electron chi connectivity index (χ3n) is 1.92. The van der Waals surface area contributed by atoms with E-state index < -0.39 is 0 Å². The number of carbonyl (C=O) groups excluding carboxylic acids is 1. The summed E-state index contributed by atoms with van der Waals surface area (Å²) in [6.45, 7) is 10.6. The molecule has 0 saturated heterocycles. The van der Waals surface area contributed by atoms with Crippen molar-refractivity contribution in [3.8, 4) is 0 Å². The third-order valence-corrected chi connectivity index (χ3v) is 1.92. The normalized spacial score (nSPS) is 10.1. The van der Waals surface area contributed by atoms with Gasteiger partial charge in [-0.15, -0.1) is 0 Å². The summed E-state index contributed by atoms with van der Waals surface area (Å²) in [5.41, 5.74) is 0.515. The van der Waals surface area contributed by atoms with Gasteiger partial charge in [0.25, 0.3) is 5.91 Å². The first kappa shape index (κ1) is 9.84. The molecule has 0 N–H and O–H groups in total. The van der Waals surface area contributed by atoms with Crippen LogP contribution in [0.15, 0.2) is 16.7 Å². The first-order valence-corrected chi connectivity index (χ1v) is 4.32. The molecule has 1 rings (SSSR count). The highest BCUT2D eigenvalue weighted by Crippen LogP contribution is 2.09. The van der Waals surface area contributed by atoms with Crippen LogP contribution in [0.4, 0.5) is 0 Å². The number of hydrogen-bond acceptors (Lipinski definition) is 2. The van der Waals surface area contributed by atoms with E-state index in [0.717, 1.165) is 0 Å². The van der Waals surface area contributed by atoms with Gasteiger partial charge in [-0.3, -0.25) is 4.79 Å². The quantitative estimate of drug-likeness (QED) is 0.709. The van der Waals surface area contributed by atoms with Gasteiger partial charge in [-0.1, -0.05) is 0 Å². The number of nitrogens with zero attached hydrogens (tertiary/aromatic N) is 1. The largest absolute Gasteiger partial charge is 0.468 e. The molecular formula is C10H13NO2. The van der Waals surface area contributed by atoms with Crippen molar-refractivity contribution < 1.29 is 9.21 Å². The fraction of sp³-hybridized carbons (Fsp3) is 0.400. The Labute approximate surface area is 78.3 Å². The van der Waals surface area contributed by atoms with E-state index in [2.05, 4.69) is 0 Å². The minimum Gasteiger partial charge on any atom is -0.468 e. The van der Waals surface area contributed by atoms with E-state index in [9.17, 15) is 4.79 Å². The Bertz CT molecular complexity index is 287. The zero-order valence-corrected chi connectivity index (χ0v) is 7.91. The Morgan fingerprint density at radius 2 is 2.15 bits per heavy atom. The number of carbonyl (C=O) groups is 1. The van der Waals surface area contributed by atoms with Crippen molar-refractivity contribution >= 4 is 5.91 Å². The summed E-state index contributed by atoms with van der Waals surface area (Å²) in [7, 11) is 0. The summed E-state index contributed by atoms with van der Waals surface area (Å²) in [4.78, 5) is 13.3. The minimum absolute atomic E-state index is 0.0366. The van der Waals surface area contributed by atoms with E-state index in [1.54, 1.807) is 11.0 Å². The predicted octanol–water partition coefficient (Wildman–Crippen LogP) is 1.82. The van der Waals surface area contributed by atoms with Crippen LogP contribution in [0.5, 0.6) is 0 Å². The van der Waals surface area contributed by atoms with E-state index in [1.807, 2.05) is 13.8 Å². The lowest BCUT2D eigenvalue weighted by atomic mass is 10.2. The molecule has 0 aromatic carbocycles. The molecule has 13 heavy (non-hydrogen) atoms. The van der Waals surface area contributed by atoms with Crippen LogP contribution in [0.2, 0.25) is 0 Å². The second-order valence-corrected chi connectivity index (χ2v) is 2.72. The van der Waals surface area contributed by atoms with Gasteiger partial charge in [-0.05, 0) is 19.9 Å². The monoisotopic (exact) mass is 179 g/mol. The minimum atomic E-state index is -0.0366. The lowest BCUT2D eigenvalue weighted by molar-refractivity contribution is 0.0772. The van der Waals surface area contributed by atoms with Crippen molar-refractivity contribution in [2.24, 2.45) is 0 Å². The van der Waals surface area contributed by atoms with Crippen LogP contribution in [0.1, 0.15) is 30.0 Å². The lowest BCUT2D eigenvalue weighted by Gasteiger charge is -2.16. The van der Waals surface area contributed by atoms with Gasteiger partial charge in [0.15, 0.2) is 0 Å². The summed E-state index contributed by atoms with van der Waals surface area (Å²) in [5.74, 6) is 0.237. The fourth-order valence-corrected chi connectivity index (χ4v) is 1.16. The highest BCUT2D eigenvalue weighted by molar-refractivity contribution is 5.94. The fourth-order valence-electron chi connectivity index (χ4n) is 1.16. The molecule has 3 heteroatoms. The van der Waals surface area contributed by atoms with Crippen molar-refractivity contribution in [2.75, 3.05) is 13.1 Å². The Kier molecular flexibility index (Phi) is 3.12. The van der Waals surface area contributed by atoms with Crippen LogP contribution in [-0.2, 0) is 0 Å². The lowest BCUT2D eigenvalue weighted by Crippen LogP contribution is -2.30. The molecule has 0 bridgehead atoms. The summed E-state index contributed by atoms with van der Waals surface area (Å²) in [5, 5.41) is 0. The molecule has 0 unspecified atom stereocenters. The van der Waals surface area contributed by atoms with E-state index in [0.29, 0.717) is 18.7 Å². The van der Waals surface area contributed by atoms with Crippen LogP contribution in [-0.4, -0.2) is 23.9 Å².